The first kappa shape index (κ1) is 27.4. The topological polar surface area (TPSA) is 43.0 Å². The van der Waals surface area contributed by atoms with E-state index in [2.05, 4.69) is 35.0 Å². The van der Waals surface area contributed by atoms with E-state index in [0.717, 1.165) is 27.8 Å². The van der Waals surface area contributed by atoms with Crippen LogP contribution in [0.3, 0.4) is 0 Å². The maximum absolute atomic E-state index is 15.4. The molecular weight excluding hydrogens is 564 g/mol. The number of benzene rings is 6. The number of nitrogens with zero attached hydrogens (tertiary/aromatic N) is 2. The molecular formula is C42H29N2O2+. The Morgan fingerprint density at radius 1 is 0.543 bits per heavy atom. The Morgan fingerprint density at radius 3 is 1.61 bits per heavy atom. The first-order valence-corrected chi connectivity index (χ1v) is 15.4. The van der Waals surface area contributed by atoms with Crippen molar-refractivity contribution in [1.82, 2.24) is 4.57 Å². The van der Waals surface area contributed by atoms with E-state index in [4.69, 9.17) is 0 Å². The molecule has 0 aliphatic carbocycles. The lowest BCUT2D eigenvalue weighted by molar-refractivity contribution is -0.556. The Balaban J connectivity index is 1.64. The van der Waals surface area contributed by atoms with Crippen molar-refractivity contribution < 1.29 is 9.36 Å². The molecule has 6 aromatic carbocycles. The number of rotatable bonds is 5. The average Bonchev–Trinajstić information content (AvgIpc) is 3.13. The third-order valence-corrected chi connectivity index (χ3v) is 8.94. The van der Waals surface area contributed by atoms with E-state index >= 15 is 4.79 Å². The van der Waals surface area contributed by atoms with Gasteiger partial charge in [0.15, 0.2) is 11.2 Å². The van der Waals surface area contributed by atoms with Crippen LogP contribution in [-0.2, 0) is 5.41 Å². The Kier molecular flexibility index (Phi) is 6.62. The zero-order valence-electron chi connectivity index (χ0n) is 25.0. The van der Waals surface area contributed by atoms with Gasteiger partial charge in [0.05, 0.1) is 5.56 Å². The summed E-state index contributed by atoms with van der Waals surface area (Å²) < 4.78 is 3.85. The second kappa shape index (κ2) is 11.1. The van der Waals surface area contributed by atoms with Crippen molar-refractivity contribution in [2.75, 3.05) is 0 Å². The molecule has 0 bridgehead atoms. The Hall–Kier alpha value is -6.13. The molecule has 4 nitrogen and oxygen atoms in total. The Labute approximate surface area is 266 Å². The molecule has 0 saturated heterocycles. The van der Waals surface area contributed by atoms with Gasteiger partial charge in [-0.2, -0.15) is 9.13 Å². The van der Waals surface area contributed by atoms with Gasteiger partial charge in [-0.05, 0) is 46.5 Å². The van der Waals surface area contributed by atoms with Crippen molar-refractivity contribution in [2.45, 2.75) is 5.41 Å². The highest BCUT2D eigenvalue weighted by Crippen LogP contribution is 2.45. The molecule has 0 saturated carbocycles. The van der Waals surface area contributed by atoms with E-state index in [-0.39, 0.29) is 11.3 Å². The molecule has 7 aromatic rings. The van der Waals surface area contributed by atoms with Crippen molar-refractivity contribution in [3.63, 3.8) is 0 Å². The van der Waals surface area contributed by atoms with Gasteiger partial charge in [-0.3, -0.25) is 4.79 Å². The zero-order valence-corrected chi connectivity index (χ0v) is 25.0. The summed E-state index contributed by atoms with van der Waals surface area (Å²) in [4.78, 5) is 30.2. The molecule has 218 valence electrons. The number of hydrogen-bond donors (Lipinski definition) is 0. The SMILES string of the molecule is O=C1c2ccccc2-n2c([n+](C=C(c3ccccc3)c3ccccc3)c3ccccc3c2=O)C1(c1ccccc1)c1ccccc1. The fourth-order valence-corrected chi connectivity index (χ4v) is 6.91. The monoisotopic (exact) mass is 593 g/mol. The molecule has 0 radical (unpaired) electrons. The lowest BCUT2D eigenvalue weighted by Crippen LogP contribution is -2.57. The molecule has 0 N–H and O–H groups in total. The number of aromatic nitrogens is 2. The molecule has 0 atom stereocenters. The number of Topliss-reactive ketones (excluding diaryl/α,β-unsaturated/α-hetero) is 1. The van der Waals surface area contributed by atoms with Gasteiger partial charge in [-0.25, -0.2) is 4.79 Å². The van der Waals surface area contributed by atoms with Crippen LogP contribution < -0.4 is 10.1 Å². The van der Waals surface area contributed by atoms with Crippen LogP contribution in [0.15, 0.2) is 175 Å². The van der Waals surface area contributed by atoms with Crippen LogP contribution in [0.2, 0.25) is 0 Å². The van der Waals surface area contributed by atoms with Gasteiger partial charge in [0, 0.05) is 5.57 Å². The van der Waals surface area contributed by atoms with Gasteiger partial charge in [0.25, 0.3) is 5.82 Å². The quantitative estimate of drug-likeness (QED) is 0.191. The van der Waals surface area contributed by atoms with Crippen LogP contribution in [0.1, 0.15) is 38.4 Å². The molecule has 1 aliphatic heterocycles. The van der Waals surface area contributed by atoms with E-state index in [1.807, 2.05) is 146 Å². The van der Waals surface area contributed by atoms with Gasteiger partial charge < -0.3 is 0 Å². The summed E-state index contributed by atoms with van der Waals surface area (Å²) in [6, 6.07) is 55.3. The summed E-state index contributed by atoms with van der Waals surface area (Å²) >= 11 is 0. The smallest absolute Gasteiger partial charge is 0.292 e. The van der Waals surface area contributed by atoms with Crippen molar-refractivity contribution in [1.29, 1.82) is 0 Å². The highest BCUT2D eigenvalue weighted by atomic mass is 16.1. The minimum Gasteiger partial charge on any atom is -0.292 e. The fourth-order valence-electron chi connectivity index (χ4n) is 6.91. The van der Waals surface area contributed by atoms with E-state index < -0.39 is 5.41 Å². The number of fused-ring (bicyclic) bond motifs is 4. The predicted molar refractivity (Wildman–Crippen MR) is 183 cm³/mol. The van der Waals surface area contributed by atoms with Crippen molar-refractivity contribution in [2.24, 2.45) is 0 Å². The predicted octanol–water partition coefficient (Wildman–Crippen LogP) is 7.86. The summed E-state index contributed by atoms with van der Waals surface area (Å²) in [5, 5.41) is 0.558. The van der Waals surface area contributed by atoms with Gasteiger partial charge >= 0.3 is 5.56 Å². The summed E-state index contributed by atoms with van der Waals surface area (Å²) in [5.41, 5.74) is 4.82. The van der Waals surface area contributed by atoms with Crippen LogP contribution in [0.25, 0.3) is 28.4 Å². The van der Waals surface area contributed by atoms with E-state index in [1.165, 1.54) is 0 Å². The van der Waals surface area contributed by atoms with Crippen molar-refractivity contribution in [3.8, 4) is 5.69 Å². The minimum absolute atomic E-state index is 0.0849. The van der Waals surface area contributed by atoms with Crippen molar-refractivity contribution in [3.05, 3.63) is 214 Å². The number of ketones is 1. The summed E-state index contributed by atoms with van der Waals surface area (Å²) in [6.45, 7) is 0. The molecule has 4 heteroatoms. The second-order valence-corrected chi connectivity index (χ2v) is 11.5. The third-order valence-electron chi connectivity index (χ3n) is 8.94. The molecule has 0 fully saturated rings. The molecule has 46 heavy (non-hydrogen) atoms. The highest BCUT2D eigenvalue weighted by Gasteiger charge is 2.57. The summed E-state index contributed by atoms with van der Waals surface area (Å²) in [6.07, 6.45) is 2.10. The maximum atomic E-state index is 15.4. The Morgan fingerprint density at radius 2 is 1.02 bits per heavy atom. The molecule has 0 unspecified atom stereocenters. The molecule has 2 heterocycles. The molecule has 1 aromatic heterocycles. The zero-order chi connectivity index (χ0) is 31.1. The lowest BCUT2D eigenvalue weighted by atomic mass is 9.66. The van der Waals surface area contributed by atoms with Gasteiger partial charge in [0.2, 0.25) is 0 Å². The number of carbonyl (C=O) groups excluding carboxylic acids is 1. The van der Waals surface area contributed by atoms with E-state index in [0.29, 0.717) is 28.0 Å². The lowest BCUT2D eigenvalue weighted by Gasteiger charge is -2.36. The number of hydrogen-bond acceptors (Lipinski definition) is 2. The van der Waals surface area contributed by atoms with Gasteiger partial charge in [-0.1, -0.05) is 146 Å². The van der Waals surface area contributed by atoms with E-state index in [9.17, 15) is 4.79 Å². The number of carbonyl (C=O) groups is 1. The largest absolute Gasteiger partial charge is 0.350 e. The molecule has 8 rings (SSSR count). The summed E-state index contributed by atoms with van der Waals surface area (Å²) in [5.74, 6) is 0.472. The normalized spacial score (nSPS) is 13.1. The third kappa shape index (κ3) is 4.11. The maximum Gasteiger partial charge on any atom is 0.350 e. The summed E-state index contributed by atoms with van der Waals surface area (Å²) in [7, 11) is 0. The van der Waals surface area contributed by atoms with Gasteiger partial charge in [0.1, 0.15) is 22.8 Å². The van der Waals surface area contributed by atoms with Crippen LogP contribution in [0.4, 0.5) is 0 Å². The van der Waals surface area contributed by atoms with Crippen LogP contribution >= 0.6 is 0 Å². The molecule has 0 amide bonds. The van der Waals surface area contributed by atoms with Gasteiger partial charge in [-0.15, -0.1) is 0 Å². The van der Waals surface area contributed by atoms with Crippen LogP contribution in [0.5, 0.6) is 0 Å². The average molecular weight is 594 g/mol. The first-order chi connectivity index (χ1) is 22.7. The van der Waals surface area contributed by atoms with Crippen molar-refractivity contribution >= 4 is 28.5 Å². The highest BCUT2D eigenvalue weighted by molar-refractivity contribution is 6.12. The Bertz CT molecular complexity index is 2240. The second-order valence-electron chi connectivity index (χ2n) is 11.5. The van der Waals surface area contributed by atoms with Crippen LogP contribution in [0, 0.1) is 0 Å². The standard InChI is InChI=1S/C42H29N2O2/c45-39-34-25-13-16-28-38(34)44-40(46)35-26-14-15-27-37(35)43(29-36(30-17-5-1-6-18-30)31-19-7-2-8-20-31)41(44)42(39,32-21-9-3-10-22-32)33-23-11-4-12-24-33/h1-29H/q+1. The number of para-hydroxylation sites is 2. The minimum atomic E-state index is -1.35. The molecule has 1 aliphatic rings. The van der Waals surface area contributed by atoms with Crippen LogP contribution in [-0.4, -0.2) is 10.4 Å². The fraction of sp³-hybridized carbons (Fsp3) is 0.0238. The first-order valence-electron chi connectivity index (χ1n) is 15.4. The molecule has 0 spiro atoms. The van der Waals surface area contributed by atoms with E-state index in [1.54, 1.807) is 4.57 Å².